The van der Waals surface area contributed by atoms with Gasteiger partial charge in [-0.25, -0.2) is 0 Å². The number of hydrogen-bond acceptors (Lipinski definition) is 4. The fourth-order valence-electron chi connectivity index (χ4n) is 6.28. The van der Waals surface area contributed by atoms with Crippen LogP contribution in [0.3, 0.4) is 0 Å². The van der Waals surface area contributed by atoms with Crippen LogP contribution in [0.5, 0.6) is 0 Å². The van der Waals surface area contributed by atoms with E-state index in [4.69, 9.17) is 16.3 Å². The summed E-state index contributed by atoms with van der Waals surface area (Å²) in [6, 6.07) is 7.91. The van der Waals surface area contributed by atoms with E-state index in [9.17, 15) is 9.59 Å². The maximum atomic E-state index is 13.6. The molecule has 0 aromatic heterocycles. The number of likely N-dealkylation sites (tertiary alicyclic amines) is 1. The van der Waals surface area contributed by atoms with Gasteiger partial charge >= 0.3 is 5.97 Å². The Morgan fingerprint density at radius 1 is 1.09 bits per heavy atom. The Morgan fingerprint density at radius 2 is 1.78 bits per heavy atom. The molecule has 0 unspecified atom stereocenters. The van der Waals surface area contributed by atoms with E-state index in [2.05, 4.69) is 5.32 Å². The Bertz CT molecular complexity index is 783. The first-order chi connectivity index (χ1) is 15.5. The van der Waals surface area contributed by atoms with Gasteiger partial charge in [-0.15, -0.1) is 0 Å². The largest absolute Gasteiger partial charge is 0.466 e. The number of hydrogen-bond donors (Lipinski definition) is 1. The topological polar surface area (TPSA) is 58.6 Å². The first-order valence-corrected chi connectivity index (χ1v) is 12.8. The Hall–Kier alpha value is -1.59. The molecular formula is C26H37ClN2O3. The van der Waals surface area contributed by atoms with Crippen molar-refractivity contribution in [2.45, 2.75) is 64.2 Å². The molecule has 1 aromatic carbocycles. The lowest BCUT2D eigenvalue weighted by Gasteiger charge is -2.47. The van der Waals surface area contributed by atoms with Crippen molar-refractivity contribution in [2.24, 2.45) is 17.3 Å². The lowest BCUT2D eigenvalue weighted by atomic mass is 9.63. The smallest absolute Gasteiger partial charge is 0.312 e. The molecule has 1 aromatic rings. The molecule has 5 nitrogen and oxygen atoms in total. The number of halogens is 1. The Labute approximate surface area is 197 Å². The minimum Gasteiger partial charge on any atom is -0.466 e. The Morgan fingerprint density at radius 3 is 2.44 bits per heavy atom. The van der Waals surface area contributed by atoms with Gasteiger partial charge in [0.15, 0.2) is 0 Å². The number of amides is 1. The summed E-state index contributed by atoms with van der Waals surface area (Å²) in [5.74, 6) is 0.742. The number of piperidine rings is 2. The van der Waals surface area contributed by atoms with Crippen LogP contribution in [0.15, 0.2) is 24.3 Å². The second kappa shape index (κ2) is 10.6. The molecule has 2 saturated heterocycles. The van der Waals surface area contributed by atoms with Gasteiger partial charge in [0.05, 0.1) is 12.0 Å². The third-order valence-corrected chi connectivity index (χ3v) is 8.39. The Balaban J connectivity index is 1.47. The summed E-state index contributed by atoms with van der Waals surface area (Å²) in [6.45, 7) is 5.30. The summed E-state index contributed by atoms with van der Waals surface area (Å²) >= 11 is 6.08. The van der Waals surface area contributed by atoms with Gasteiger partial charge in [0.2, 0.25) is 5.91 Å². The number of carbonyl (C=O) groups is 2. The average molecular weight is 461 g/mol. The third-order valence-electron chi connectivity index (χ3n) is 8.13. The average Bonchev–Trinajstić information content (AvgIpc) is 2.85. The van der Waals surface area contributed by atoms with Gasteiger partial charge < -0.3 is 15.0 Å². The first-order valence-electron chi connectivity index (χ1n) is 12.5. The highest BCUT2D eigenvalue weighted by atomic mass is 35.5. The number of nitrogens with zero attached hydrogens (tertiary/aromatic N) is 1. The van der Waals surface area contributed by atoms with E-state index < -0.39 is 5.41 Å². The van der Waals surface area contributed by atoms with Crippen LogP contribution in [-0.2, 0) is 14.3 Å². The van der Waals surface area contributed by atoms with Crippen LogP contribution in [0.1, 0.15) is 69.8 Å². The first kappa shape index (κ1) is 23.6. The second-order valence-corrected chi connectivity index (χ2v) is 10.2. The zero-order valence-corrected chi connectivity index (χ0v) is 20.0. The van der Waals surface area contributed by atoms with Crippen molar-refractivity contribution in [3.8, 4) is 0 Å². The molecule has 2 heterocycles. The molecular weight excluding hydrogens is 424 g/mol. The van der Waals surface area contributed by atoms with Crippen LogP contribution in [0, 0.1) is 17.3 Å². The molecule has 176 valence electrons. The molecule has 32 heavy (non-hydrogen) atoms. The van der Waals surface area contributed by atoms with Crippen LogP contribution < -0.4 is 5.32 Å². The maximum absolute atomic E-state index is 13.6. The van der Waals surface area contributed by atoms with Crippen LogP contribution >= 0.6 is 11.6 Å². The molecule has 6 heteroatoms. The van der Waals surface area contributed by atoms with Gasteiger partial charge in [-0.05, 0) is 69.2 Å². The van der Waals surface area contributed by atoms with E-state index in [0.29, 0.717) is 25.6 Å². The highest BCUT2D eigenvalue weighted by molar-refractivity contribution is 6.30. The van der Waals surface area contributed by atoms with E-state index in [-0.39, 0.29) is 23.7 Å². The predicted octanol–water partition coefficient (Wildman–Crippen LogP) is 4.79. The molecule has 1 aliphatic carbocycles. The summed E-state index contributed by atoms with van der Waals surface area (Å²) in [4.78, 5) is 28.8. The molecule has 2 aliphatic heterocycles. The highest BCUT2D eigenvalue weighted by Crippen LogP contribution is 2.47. The predicted molar refractivity (Wildman–Crippen MR) is 127 cm³/mol. The van der Waals surface area contributed by atoms with E-state index in [1.807, 2.05) is 36.1 Å². The number of rotatable bonds is 5. The van der Waals surface area contributed by atoms with Crippen LogP contribution in [0.4, 0.5) is 0 Å². The second-order valence-electron chi connectivity index (χ2n) is 9.79. The number of carbonyl (C=O) groups excluding carboxylic acids is 2. The van der Waals surface area contributed by atoms with Crippen LogP contribution in [0.25, 0.3) is 0 Å². The fraction of sp³-hybridized carbons (Fsp3) is 0.692. The number of nitrogens with one attached hydrogen (secondary N) is 1. The van der Waals surface area contributed by atoms with Crippen molar-refractivity contribution in [3.63, 3.8) is 0 Å². The van der Waals surface area contributed by atoms with E-state index in [0.717, 1.165) is 50.2 Å². The molecule has 1 N–H and O–H groups in total. The molecule has 1 amide bonds. The minimum atomic E-state index is -0.406. The van der Waals surface area contributed by atoms with E-state index >= 15 is 0 Å². The number of esters is 1. The molecule has 3 aliphatic rings. The van der Waals surface area contributed by atoms with Gasteiger partial charge in [-0.1, -0.05) is 43.0 Å². The zero-order chi connectivity index (χ0) is 22.6. The van der Waals surface area contributed by atoms with Crippen molar-refractivity contribution < 1.29 is 14.3 Å². The third kappa shape index (κ3) is 4.84. The minimum absolute atomic E-state index is 0.0257. The molecule has 3 fully saturated rings. The van der Waals surface area contributed by atoms with Crippen LogP contribution in [0.2, 0.25) is 5.02 Å². The quantitative estimate of drug-likeness (QED) is 0.642. The van der Waals surface area contributed by atoms with Gasteiger partial charge in [0, 0.05) is 36.5 Å². The molecule has 2 atom stereocenters. The molecule has 4 rings (SSSR count). The standard InChI is InChI=1S/C26H37ClN2O3/c1-2-32-25(31)26(20-6-4-3-5-7-20)13-16-29(17-14-26)24(30)22-12-15-28-18-23(22)19-8-10-21(27)11-9-19/h8-11,20,22-23,28H,2-7,12-18H2,1H3/t22-,23+/m1/s1. The van der Waals surface area contributed by atoms with Crippen LogP contribution in [-0.4, -0.2) is 49.6 Å². The maximum Gasteiger partial charge on any atom is 0.312 e. The fourth-order valence-corrected chi connectivity index (χ4v) is 6.41. The van der Waals surface area contributed by atoms with Crippen molar-refractivity contribution in [1.82, 2.24) is 10.2 Å². The summed E-state index contributed by atoms with van der Waals surface area (Å²) in [5.41, 5.74) is 0.761. The summed E-state index contributed by atoms with van der Waals surface area (Å²) in [7, 11) is 0. The monoisotopic (exact) mass is 460 g/mol. The SMILES string of the molecule is CCOC(=O)C1(C2CCCCC2)CCN(C(=O)[C@@H]2CCNC[C@H]2c2ccc(Cl)cc2)CC1. The summed E-state index contributed by atoms with van der Waals surface area (Å²) in [5, 5.41) is 4.17. The van der Waals surface area contributed by atoms with Crippen molar-refractivity contribution >= 4 is 23.5 Å². The Kier molecular flexibility index (Phi) is 7.78. The van der Waals surface area contributed by atoms with Crippen molar-refractivity contribution in [2.75, 3.05) is 32.8 Å². The van der Waals surface area contributed by atoms with E-state index in [1.54, 1.807) is 0 Å². The van der Waals surface area contributed by atoms with Crippen molar-refractivity contribution in [1.29, 1.82) is 0 Å². The lowest BCUT2D eigenvalue weighted by Crippen LogP contribution is -2.53. The normalized spacial score (nSPS) is 26.5. The van der Waals surface area contributed by atoms with Crippen molar-refractivity contribution in [3.05, 3.63) is 34.9 Å². The van der Waals surface area contributed by atoms with E-state index in [1.165, 1.54) is 24.8 Å². The van der Waals surface area contributed by atoms with Gasteiger partial charge in [-0.2, -0.15) is 0 Å². The molecule has 0 radical (unpaired) electrons. The zero-order valence-electron chi connectivity index (χ0n) is 19.3. The molecule has 0 bridgehead atoms. The summed E-state index contributed by atoms with van der Waals surface area (Å²) in [6.07, 6.45) is 8.20. The highest BCUT2D eigenvalue weighted by Gasteiger charge is 2.50. The van der Waals surface area contributed by atoms with Gasteiger partial charge in [-0.3, -0.25) is 9.59 Å². The van der Waals surface area contributed by atoms with Gasteiger partial charge in [0.1, 0.15) is 0 Å². The molecule has 0 spiro atoms. The lowest BCUT2D eigenvalue weighted by molar-refractivity contribution is -0.166. The van der Waals surface area contributed by atoms with Gasteiger partial charge in [0.25, 0.3) is 0 Å². The number of ether oxygens (including phenoxy) is 1. The number of benzene rings is 1. The molecule has 1 saturated carbocycles. The summed E-state index contributed by atoms with van der Waals surface area (Å²) < 4.78 is 5.57.